The number of hydrogen-bond donors (Lipinski definition) is 0. The highest BCUT2D eigenvalue weighted by molar-refractivity contribution is 7.22. The zero-order valence-electron chi connectivity index (χ0n) is 13.1. The smallest absolute Gasteiger partial charge is 0.270 e. The van der Waals surface area contributed by atoms with Crippen LogP contribution in [0.1, 0.15) is 15.2 Å². The number of fused-ring (bicyclic) bond motifs is 1. The van der Waals surface area contributed by atoms with Gasteiger partial charge in [0.05, 0.1) is 16.1 Å². The van der Waals surface area contributed by atoms with Gasteiger partial charge in [0.1, 0.15) is 11.3 Å². The van der Waals surface area contributed by atoms with E-state index in [4.69, 9.17) is 0 Å². The second-order valence-corrected chi connectivity index (χ2v) is 7.39. The van der Waals surface area contributed by atoms with Gasteiger partial charge in [0, 0.05) is 0 Å². The summed E-state index contributed by atoms with van der Waals surface area (Å²) in [5.74, 6) is -0.499. The molecule has 0 radical (unpaired) electrons. The molecule has 2 aromatic heterocycles. The van der Waals surface area contributed by atoms with Crippen LogP contribution >= 0.6 is 22.7 Å². The van der Waals surface area contributed by atoms with Gasteiger partial charge in [0.15, 0.2) is 5.13 Å². The third kappa shape index (κ3) is 3.18. The highest BCUT2D eigenvalue weighted by Gasteiger charge is 2.23. The molecule has 0 aliphatic heterocycles. The summed E-state index contributed by atoms with van der Waals surface area (Å²) in [6, 6.07) is 18.2. The Morgan fingerprint density at radius 3 is 2.60 bits per heavy atom. The van der Waals surface area contributed by atoms with Crippen molar-refractivity contribution in [2.24, 2.45) is 0 Å². The minimum absolute atomic E-state index is 0.127. The third-order valence-corrected chi connectivity index (χ3v) is 5.65. The number of benzene rings is 2. The molecule has 0 saturated carbocycles. The number of thiazole rings is 1. The van der Waals surface area contributed by atoms with Crippen molar-refractivity contribution >= 4 is 43.9 Å². The van der Waals surface area contributed by atoms with Gasteiger partial charge < -0.3 is 0 Å². The number of nitrogens with zero attached hydrogens (tertiary/aromatic N) is 2. The Morgan fingerprint density at radius 1 is 1.04 bits per heavy atom. The molecule has 0 aliphatic rings. The summed E-state index contributed by atoms with van der Waals surface area (Å²) in [4.78, 5) is 19.6. The molecule has 4 rings (SSSR count). The summed E-state index contributed by atoms with van der Waals surface area (Å²) >= 11 is 2.71. The van der Waals surface area contributed by atoms with E-state index in [1.54, 1.807) is 17.0 Å². The van der Waals surface area contributed by atoms with Crippen molar-refractivity contribution in [3.63, 3.8) is 0 Å². The Morgan fingerprint density at radius 2 is 1.88 bits per heavy atom. The lowest BCUT2D eigenvalue weighted by Gasteiger charge is -2.19. The first kappa shape index (κ1) is 15.9. The molecule has 3 nitrogen and oxygen atoms in total. The standard InChI is InChI=1S/C19H13FN2OS2/c20-14-8-4-9-15-17(14)21-19(25-15)22(12-13-6-2-1-3-7-13)18(23)16-10-5-11-24-16/h1-11H,12H2. The molecule has 2 aromatic carbocycles. The van der Waals surface area contributed by atoms with E-state index in [9.17, 15) is 9.18 Å². The lowest BCUT2D eigenvalue weighted by atomic mass is 10.2. The first-order chi connectivity index (χ1) is 12.2. The molecule has 0 atom stereocenters. The highest BCUT2D eigenvalue weighted by Crippen LogP contribution is 2.32. The topological polar surface area (TPSA) is 33.2 Å². The number of halogens is 1. The minimum atomic E-state index is -0.372. The lowest BCUT2D eigenvalue weighted by molar-refractivity contribution is 0.0989. The maximum Gasteiger partial charge on any atom is 0.270 e. The number of carbonyl (C=O) groups is 1. The first-order valence-corrected chi connectivity index (χ1v) is 9.36. The number of hydrogen-bond acceptors (Lipinski definition) is 4. The van der Waals surface area contributed by atoms with Crippen LogP contribution in [0.4, 0.5) is 9.52 Å². The summed E-state index contributed by atoms with van der Waals surface area (Å²) in [6.07, 6.45) is 0. The average Bonchev–Trinajstić information content (AvgIpc) is 3.30. The lowest BCUT2D eigenvalue weighted by Crippen LogP contribution is -2.29. The predicted molar refractivity (Wildman–Crippen MR) is 101 cm³/mol. The Labute approximate surface area is 152 Å². The van der Waals surface area contributed by atoms with Crippen molar-refractivity contribution in [1.82, 2.24) is 4.98 Å². The van der Waals surface area contributed by atoms with Crippen molar-refractivity contribution in [1.29, 1.82) is 0 Å². The summed E-state index contributed by atoms with van der Waals surface area (Å²) in [6.45, 7) is 0.388. The van der Waals surface area contributed by atoms with Crippen LogP contribution in [0, 0.1) is 5.82 Å². The Kier molecular flexibility index (Phi) is 4.29. The van der Waals surface area contributed by atoms with E-state index in [1.807, 2.05) is 47.8 Å². The van der Waals surface area contributed by atoms with E-state index < -0.39 is 0 Å². The van der Waals surface area contributed by atoms with E-state index >= 15 is 0 Å². The van der Waals surface area contributed by atoms with Gasteiger partial charge in [-0.15, -0.1) is 11.3 Å². The second kappa shape index (κ2) is 6.74. The van der Waals surface area contributed by atoms with Crippen molar-refractivity contribution in [2.45, 2.75) is 6.54 Å². The number of aromatic nitrogens is 1. The summed E-state index contributed by atoms with van der Waals surface area (Å²) in [5, 5.41) is 2.37. The minimum Gasteiger partial charge on any atom is -0.279 e. The molecule has 0 fully saturated rings. The molecule has 0 N–H and O–H groups in total. The van der Waals surface area contributed by atoms with E-state index in [0.29, 0.717) is 22.1 Å². The summed E-state index contributed by atoms with van der Waals surface area (Å²) < 4.78 is 14.7. The Balaban J connectivity index is 1.78. The van der Waals surface area contributed by atoms with Gasteiger partial charge in [0.2, 0.25) is 0 Å². The fourth-order valence-electron chi connectivity index (χ4n) is 2.54. The summed E-state index contributed by atoms with van der Waals surface area (Å²) in [7, 11) is 0. The molecule has 0 saturated heterocycles. The van der Waals surface area contributed by atoms with Crippen LogP contribution in [-0.4, -0.2) is 10.9 Å². The molecule has 4 aromatic rings. The monoisotopic (exact) mass is 368 g/mol. The number of carbonyl (C=O) groups excluding carboxylic acids is 1. The Hall–Kier alpha value is -2.57. The SMILES string of the molecule is O=C(c1cccs1)N(Cc1ccccc1)c1nc2c(F)cccc2s1. The van der Waals surface area contributed by atoms with E-state index in [0.717, 1.165) is 10.3 Å². The van der Waals surface area contributed by atoms with Crippen LogP contribution in [0.3, 0.4) is 0 Å². The predicted octanol–water partition coefficient (Wildman–Crippen LogP) is 5.34. The first-order valence-electron chi connectivity index (χ1n) is 7.67. The Bertz CT molecular complexity index is 1010. The van der Waals surface area contributed by atoms with E-state index in [1.165, 1.54) is 28.7 Å². The quantitative estimate of drug-likeness (QED) is 0.487. The maximum absolute atomic E-state index is 14.0. The number of anilines is 1. The summed E-state index contributed by atoms with van der Waals surface area (Å²) in [5.41, 5.74) is 1.30. The average molecular weight is 368 g/mol. The van der Waals surface area contributed by atoms with Gasteiger partial charge in [-0.2, -0.15) is 0 Å². The van der Waals surface area contributed by atoms with E-state index in [-0.39, 0.29) is 11.7 Å². The molecule has 0 aliphatic carbocycles. The molecular weight excluding hydrogens is 355 g/mol. The molecule has 2 heterocycles. The van der Waals surface area contributed by atoms with Gasteiger partial charge in [-0.3, -0.25) is 9.69 Å². The van der Waals surface area contributed by atoms with E-state index in [2.05, 4.69) is 4.98 Å². The molecule has 6 heteroatoms. The van der Waals surface area contributed by atoms with Crippen molar-refractivity contribution in [2.75, 3.05) is 4.90 Å². The molecular formula is C19H13FN2OS2. The largest absolute Gasteiger partial charge is 0.279 e. The van der Waals surface area contributed by atoms with Crippen LogP contribution in [0.25, 0.3) is 10.2 Å². The molecule has 0 spiro atoms. The molecule has 25 heavy (non-hydrogen) atoms. The van der Waals surface area contributed by atoms with Crippen molar-refractivity contribution < 1.29 is 9.18 Å². The number of amides is 1. The fraction of sp³-hybridized carbons (Fsp3) is 0.0526. The van der Waals surface area contributed by atoms with Crippen LogP contribution in [0.5, 0.6) is 0 Å². The van der Waals surface area contributed by atoms with Crippen LogP contribution in [0.2, 0.25) is 0 Å². The zero-order chi connectivity index (χ0) is 17.2. The molecule has 0 bridgehead atoms. The number of para-hydroxylation sites is 1. The van der Waals surface area contributed by atoms with Crippen LogP contribution in [-0.2, 0) is 6.54 Å². The third-order valence-electron chi connectivity index (χ3n) is 3.75. The van der Waals surface area contributed by atoms with Gasteiger partial charge in [-0.25, -0.2) is 9.37 Å². The van der Waals surface area contributed by atoms with Gasteiger partial charge in [-0.05, 0) is 29.1 Å². The molecule has 124 valence electrons. The number of thiophene rings is 1. The molecule has 1 amide bonds. The fourth-order valence-corrected chi connectivity index (χ4v) is 4.19. The van der Waals surface area contributed by atoms with Crippen molar-refractivity contribution in [3.05, 3.63) is 82.3 Å². The normalized spacial score (nSPS) is 10.9. The van der Waals surface area contributed by atoms with Gasteiger partial charge >= 0.3 is 0 Å². The zero-order valence-corrected chi connectivity index (χ0v) is 14.7. The highest BCUT2D eigenvalue weighted by atomic mass is 32.1. The van der Waals surface area contributed by atoms with Gasteiger partial charge in [0.25, 0.3) is 5.91 Å². The van der Waals surface area contributed by atoms with Crippen LogP contribution < -0.4 is 4.90 Å². The second-order valence-electron chi connectivity index (χ2n) is 5.44. The van der Waals surface area contributed by atoms with Gasteiger partial charge in [-0.1, -0.05) is 53.8 Å². The van der Waals surface area contributed by atoms with Crippen molar-refractivity contribution in [3.8, 4) is 0 Å². The van der Waals surface area contributed by atoms with Crippen LogP contribution in [0.15, 0.2) is 66.0 Å². The molecule has 0 unspecified atom stereocenters. The number of rotatable bonds is 4. The maximum atomic E-state index is 14.0.